The van der Waals surface area contributed by atoms with E-state index < -0.39 is 0 Å². The number of nitrogens with zero attached hydrogens (tertiary/aromatic N) is 2. The van der Waals surface area contributed by atoms with Crippen molar-refractivity contribution in [2.45, 2.75) is 58.0 Å². The second-order valence-corrected chi connectivity index (χ2v) is 5.88. The minimum absolute atomic E-state index is 0.754. The van der Waals surface area contributed by atoms with Crippen molar-refractivity contribution in [1.82, 2.24) is 15.1 Å². The summed E-state index contributed by atoms with van der Waals surface area (Å²) in [6, 6.07) is 1.55. The molecular weight excluding hydrogens is 222 g/mol. The van der Waals surface area contributed by atoms with Crippen molar-refractivity contribution in [3.05, 3.63) is 0 Å². The molecule has 0 amide bonds. The maximum absolute atomic E-state index is 3.60. The van der Waals surface area contributed by atoms with Crippen molar-refractivity contribution in [2.24, 2.45) is 0 Å². The third kappa shape index (κ3) is 5.25. The smallest absolute Gasteiger partial charge is 0.0220 e. The van der Waals surface area contributed by atoms with Gasteiger partial charge in [-0.25, -0.2) is 0 Å². The van der Waals surface area contributed by atoms with E-state index in [2.05, 4.69) is 43.1 Å². The molecule has 0 aliphatic carbocycles. The fourth-order valence-electron chi connectivity index (χ4n) is 2.96. The standard InChI is InChI=1S/C15H33N3/c1-5-7-15(13-16-10-6-2)18-11-8-14(9-12-18)17(3)4/h14-16H,5-13H2,1-4H3. The molecule has 3 nitrogen and oxygen atoms in total. The monoisotopic (exact) mass is 255 g/mol. The molecule has 0 bridgehead atoms. The summed E-state index contributed by atoms with van der Waals surface area (Å²) >= 11 is 0. The molecule has 1 aliphatic rings. The second-order valence-electron chi connectivity index (χ2n) is 5.88. The molecule has 0 aromatic carbocycles. The fraction of sp³-hybridized carbons (Fsp3) is 1.00. The minimum atomic E-state index is 0.754. The van der Waals surface area contributed by atoms with Gasteiger partial charge in [-0.2, -0.15) is 0 Å². The number of hydrogen-bond donors (Lipinski definition) is 1. The van der Waals surface area contributed by atoms with Gasteiger partial charge in [-0.1, -0.05) is 20.3 Å². The molecule has 0 spiro atoms. The molecule has 0 radical (unpaired) electrons. The van der Waals surface area contributed by atoms with Crippen LogP contribution < -0.4 is 5.32 Å². The Morgan fingerprint density at radius 1 is 1.17 bits per heavy atom. The molecule has 3 heteroatoms. The van der Waals surface area contributed by atoms with Crippen molar-refractivity contribution in [3.63, 3.8) is 0 Å². The zero-order valence-electron chi connectivity index (χ0n) is 12.9. The van der Waals surface area contributed by atoms with Crippen LogP contribution in [0.5, 0.6) is 0 Å². The third-order valence-corrected chi connectivity index (χ3v) is 4.17. The SMILES string of the molecule is CCCNCC(CCC)N1CCC(N(C)C)CC1. The number of likely N-dealkylation sites (tertiary alicyclic amines) is 1. The molecule has 0 saturated carbocycles. The van der Waals surface area contributed by atoms with Crippen LogP contribution in [-0.4, -0.2) is 62.2 Å². The summed E-state index contributed by atoms with van der Waals surface area (Å²) < 4.78 is 0. The van der Waals surface area contributed by atoms with Gasteiger partial charge in [0.2, 0.25) is 0 Å². The van der Waals surface area contributed by atoms with Crippen molar-refractivity contribution in [3.8, 4) is 0 Å². The second kappa shape index (κ2) is 8.89. The Hall–Kier alpha value is -0.120. The summed E-state index contributed by atoms with van der Waals surface area (Å²) in [5.41, 5.74) is 0. The topological polar surface area (TPSA) is 18.5 Å². The zero-order valence-corrected chi connectivity index (χ0v) is 12.9. The lowest BCUT2D eigenvalue weighted by Crippen LogP contribution is -2.49. The van der Waals surface area contributed by atoms with Crippen molar-refractivity contribution in [1.29, 1.82) is 0 Å². The van der Waals surface area contributed by atoms with E-state index in [0.717, 1.165) is 18.6 Å². The van der Waals surface area contributed by atoms with Gasteiger partial charge < -0.3 is 10.2 Å². The van der Waals surface area contributed by atoms with Gasteiger partial charge in [0, 0.05) is 18.6 Å². The van der Waals surface area contributed by atoms with Crippen LogP contribution in [0.25, 0.3) is 0 Å². The Morgan fingerprint density at radius 3 is 2.33 bits per heavy atom. The van der Waals surface area contributed by atoms with Crippen molar-refractivity contribution < 1.29 is 0 Å². The quantitative estimate of drug-likeness (QED) is 0.671. The van der Waals surface area contributed by atoms with Crippen LogP contribution in [0.3, 0.4) is 0 Å². The molecule has 1 heterocycles. The molecule has 108 valence electrons. The highest BCUT2D eigenvalue weighted by Gasteiger charge is 2.25. The van der Waals surface area contributed by atoms with E-state index in [-0.39, 0.29) is 0 Å². The van der Waals surface area contributed by atoms with Gasteiger partial charge in [0.1, 0.15) is 0 Å². The maximum atomic E-state index is 3.60. The molecule has 1 saturated heterocycles. The van der Waals surface area contributed by atoms with E-state index in [4.69, 9.17) is 0 Å². The van der Waals surface area contributed by atoms with Gasteiger partial charge in [0.25, 0.3) is 0 Å². The summed E-state index contributed by atoms with van der Waals surface area (Å²) in [5, 5.41) is 3.60. The van der Waals surface area contributed by atoms with Crippen molar-refractivity contribution in [2.75, 3.05) is 40.3 Å². The zero-order chi connectivity index (χ0) is 13.4. The highest BCUT2D eigenvalue weighted by molar-refractivity contribution is 4.82. The Labute approximate surface area is 114 Å². The summed E-state index contributed by atoms with van der Waals surface area (Å²) in [7, 11) is 4.43. The van der Waals surface area contributed by atoms with Crippen molar-refractivity contribution >= 4 is 0 Å². The van der Waals surface area contributed by atoms with E-state index in [9.17, 15) is 0 Å². The number of piperidine rings is 1. The molecule has 1 aliphatic heterocycles. The van der Waals surface area contributed by atoms with Crippen LogP contribution in [-0.2, 0) is 0 Å². The molecule has 18 heavy (non-hydrogen) atoms. The predicted octanol–water partition coefficient (Wildman–Crippen LogP) is 2.18. The van der Waals surface area contributed by atoms with Crippen LogP contribution >= 0.6 is 0 Å². The van der Waals surface area contributed by atoms with Gasteiger partial charge in [-0.05, 0) is 59.4 Å². The average Bonchev–Trinajstić information content (AvgIpc) is 2.38. The highest BCUT2D eigenvalue weighted by atomic mass is 15.2. The Bertz CT molecular complexity index is 198. The van der Waals surface area contributed by atoms with Gasteiger partial charge in [-0.3, -0.25) is 4.90 Å². The lowest BCUT2D eigenvalue weighted by molar-refractivity contribution is 0.103. The van der Waals surface area contributed by atoms with E-state index in [1.54, 1.807) is 0 Å². The average molecular weight is 255 g/mol. The molecule has 1 N–H and O–H groups in total. The van der Waals surface area contributed by atoms with Gasteiger partial charge in [-0.15, -0.1) is 0 Å². The summed E-state index contributed by atoms with van der Waals surface area (Å²) in [6.45, 7) is 9.44. The first-order valence-electron chi connectivity index (χ1n) is 7.80. The first-order valence-corrected chi connectivity index (χ1v) is 7.80. The Kier molecular flexibility index (Phi) is 7.87. The first kappa shape index (κ1) is 15.9. The molecule has 1 fully saturated rings. The Morgan fingerprint density at radius 2 is 1.83 bits per heavy atom. The largest absolute Gasteiger partial charge is 0.315 e. The van der Waals surface area contributed by atoms with E-state index >= 15 is 0 Å². The van der Waals surface area contributed by atoms with Crippen LogP contribution in [0.1, 0.15) is 46.0 Å². The highest BCUT2D eigenvalue weighted by Crippen LogP contribution is 2.18. The van der Waals surface area contributed by atoms with Gasteiger partial charge >= 0.3 is 0 Å². The molecule has 1 rings (SSSR count). The fourth-order valence-corrected chi connectivity index (χ4v) is 2.96. The van der Waals surface area contributed by atoms with Gasteiger partial charge in [0.05, 0.1) is 0 Å². The van der Waals surface area contributed by atoms with E-state index in [1.807, 2.05) is 0 Å². The molecular formula is C15H33N3. The van der Waals surface area contributed by atoms with Crippen LogP contribution in [0, 0.1) is 0 Å². The summed E-state index contributed by atoms with van der Waals surface area (Å²) in [4.78, 5) is 5.10. The molecule has 1 unspecified atom stereocenters. The van der Waals surface area contributed by atoms with Crippen LogP contribution in [0.15, 0.2) is 0 Å². The van der Waals surface area contributed by atoms with E-state index in [0.29, 0.717) is 0 Å². The molecule has 0 aromatic heterocycles. The number of nitrogens with one attached hydrogen (secondary N) is 1. The van der Waals surface area contributed by atoms with E-state index in [1.165, 1.54) is 51.7 Å². The van der Waals surface area contributed by atoms with Gasteiger partial charge in [0.15, 0.2) is 0 Å². The summed E-state index contributed by atoms with van der Waals surface area (Å²) in [6.07, 6.45) is 6.54. The van der Waals surface area contributed by atoms with Crippen LogP contribution in [0.2, 0.25) is 0 Å². The normalized spacial score (nSPS) is 20.5. The summed E-state index contributed by atoms with van der Waals surface area (Å²) in [5.74, 6) is 0. The first-order chi connectivity index (χ1) is 8.69. The lowest BCUT2D eigenvalue weighted by atomic mass is 10.0. The number of rotatable bonds is 8. The third-order valence-electron chi connectivity index (χ3n) is 4.17. The lowest BCUT2D eigenvalue weighted by Gasteiger charge is -2.39. The molecule has 1 atom stereocenters. The molecule has 0 aromatic rings. The predicted molar refractivity (Wildman–Crippen MR) is 80.1 cm³/mol. The van der Waals surface area contributed by atoms with Crippen LogP contribution in [0.4, 0.5) is 0 Å². The maximum Gasteiger partial charge on any atom is 0.0220 e. The number of hydrogen-bond acceptors (Lipinski definition) is 3. The minimum Gasteiger partial charge on any atom is -0.315 e. The Balaban J connectivity index is 2.34.